The lowest BCUT2D eigenvalue weighted by Crippen LogP contribution is -2.40. The highest BCUT2D eigenvalue weighted by Crippen LogP contribution is 2.35. The van der Waals surface area contributed by atoms with E-state index < -0.39 is 18.0 Å². The van der Waals surface area contributed by atoms with Crippen LogP contribution in [-0.2, 0) is 9.53 Å². The van der Waals surface area contributed by atoms with Crippen LogP contribution >= 0.6 is 11.3 Å². The highest BCUT2D eigenvalue weighted by molar-refractivity contribution is 7.07. The van der Waals surface area contributed by atoms with Gasteiger partial charge < -0.3 is 14.4 Å². The number of aromatic carboxylic acids is 1. The molecule has 0 radical (unpaired) electrons. The van der Waals surface area contributed by atoms with Gasteiger partial charge in [-0.05, 0) is 62.2 Å². The van der Waals surface area contributed by atoms with Gasteiger partial charge >= 0.3 is 11.9 Å². The van der Waals surface area contributed by atoms with E-state index in [0.717, 1.165) is 33.8 Å². The maximum atomic E-state index is 14.2. The number of rotatable bonds is 7. The molecule has 8 nitrogen and oxygen atoms in total. The van der Waals surface area contributed by atoms with E-state index in [9.17, 15) is 19.5 Å². The van der Waals surface area contributed by atoms with Gasteiger partial charge in [-0.3, -0.25) is 9.36 Å². The summed E-state index contributed by atoms with van der Waals surface area (Å²) in [5.41, 5.74) is 5.50. The molecule has 0 fully saturated rings. The van der Waals surface area contributed by atoms with Gasteiger partial charge in [0, 0.05) is 22.6 Å². The second kappa shape index (κ2) is 11.8. The minimum Gasteiger partial charge on any atom is -0.478 e. The second-order valence-corrected chi connectivity index (χ2v) is 11.4. The monoisotopic (exact) mass is 603 g/mol. The number of fused-ring (bicyclic) bond motifs is 1. The summed E-state index contributed by atoms with van der Waals surface area (Å²) in [5.74, 6) is -1.52. The third kappa shape index (κ3) is 5.11. The van der Waals surface area contributed by atoms with Gasteiger partial charge in [0.25, 0.3) is 5.56 Å². The van der Waals surface area contributed by atoms with Crippen LogP contribution in [0, 0.1) is 13.8 Å². The van der Waals surface area contributed by atoms with Crippen molar-refractivity contribution in [2.45, 2.75) is 26.8 Å². The molecule has 1 atom stereocenters. The molecule has 44 heavy (non-hydrogen) atoms. The van der Waals surface area contributed by atoms with Crippen LogP contribution in [0.1, 0.15) is 51.4 Å². The Morgan fingerprint density at radius 3 is 2.36 bits per heavy atom. The number of carbonyl (C=O) groups excluding carboxylic acids is 1. The van der Waals surface area contributed by atoms with Gasteiger partial charge in [-0.1, -0.05) is 78.1 Å². The van der Waals surface area contributed by atoms with Crippen LogP contribution in [-0.4, -0.2) is 32.8 Å². The van der Waals surface area contributed by atoms with Crippen molar-refractivity contribution in [3.63, 3.8) is 0 Å². The lowest BCUT2D eigenvalue weighted by molar-refractivity contribution is -0.138. The van der Waals surface area contributed by atoms with Gasteiger partial charge in [0.1, 0.15) is 0 Å². The number of aromatic nitrogens is 2. The van der Waals surface area contributed by atoms with Crippen molar-refractivity contribution >= 4 is 35.0 Å². The first-order chi connectivity index (χ1) is 21.3. The van der Waals surface area contributed by atoms with Crippen molar-refractivity contribution < 1.29 is 19.4 Å². The number of carbonyl (C=O) groups is 2. The topological polar surface area (TPSA) is 103 Å². The van der Waals surface area contributed by atoms with E-state index in [1.54, 1.807) is 29.7 Å². The third-order valence-corrected chi connectivity index (χ3v) is 8.58. The first-order valence-electron chi connectivity index (χ1n) is 14.1. The zero-order chi connectivity index (χ0) is 31.0. The summed E-state index contributed by atoms with van der Waals surface area (Å²) in [6.45, 7) is 5.80. The third-order valence-electron chi connectivity index (χ3n) is 7.60. The Hall–Kier alpha value is -5.28. The van der Waals surface area contributed by atoms with Gasteiger partial charge in [0.05, 0.1) is 34.0 Å². The Morgan fingerprint density at radius 1 is 0.977 bits per heavy atom. The summed E-state index contributed by atoms with van der Waals surface area (Å²) in [7, 11) is 0. The zero-order valence-electron chi connectivity index (χ0n) is 24.4. The number of nitrogens with zero attached hydrogens (tertiary/aromatic N) is 3. The van der Waals surface area contributed by atoms with E-state index in [2.05, 4.69) is 0 Å². The summed E-state index contributed by atoms with van der Waals surface area (Å²) in [6, 6.07) is 26.9. The molecule has 6 rings (SSSR count). The van der Waals surface area contributed by atoms with Crippen LogP contribution in [0.3, 0.4) is 0 Å². The molecule has 0 bridgehead atoms. The van der Waals surface area contributed by atoms with Crippen LogP contribution in [0.25, 0.3) is 17.5 Å². The van der Waals surface area contributed by atoms with Crippen LogP contribution in [0.4, 0.5) is 0 Å². The molecule has 1 N–H and O–H groups in total. The Balaban J connectivity index is 1.58. The van der Waals surface area contributed by atoms with Crippen LogP contribution in [0.15, 0.2) is 106 Å². The second-order valence-electron chi connectivity index (χ2n) is 10.4. The smallest absolute Gasteiger partial charge is 0.338 e. The van der Waals surface area contributed by atoms with Crippen LogP contribution in [0.2, 0.25) is 0 Å². The minimum absolute atomic E-state index is 0.182. The molecule has 5 aromatic rings. The quantitative estimate of drug-likeness (QED) is 0.263. The molecular weight excluding hydrogens is 574 g/mol. The summed E-state index contributed by atoms with van der Waals surface area (Å²) in [6.07, 6.45) is 1.84. The fourth-order valence-corrected chi connectivity index (χ4v) is 6.63. The molecule has 3 heterocycles. The molecule has 0 saturated carbocycles. The van der Waals surface area contributed by atoms with Crippen molar-refractivity contribution in [2.24, 2.45) is 4.99 Å². The Morgan fingerprint density at radius 2 is 1.68 bits per heavy atom. The average molecular weight is 604 g/mol. The Kier molecular flexibility index (Phi) is 7.71. The number of esters is 1. The van der Waals surface area contributed by atoms with Crippen molar-refractivity contribution in [1.29, 1.82) is 0 Å². The highest BCUT2D eigenvalue weighted by atomic mass is 32.1. The number of benzene rings is 3. The number of carboxylic acid groups (broad SMARTS) is 1. The van der Waals surface area contributed by atoms with E-state index >= 15 is 0 Å². The normalized spacial score (nSPS) is 14.7. The van der Waals surface area contributed by atoms with Crippen LogP contribution < -0.4 is 14.9 Å². The standard InChI is InChI=1S/C35H29N3O5S/c1-4-43-34(42)29-30(23-12-7-5-8-13-23)36-35-38(31(29)24-14-9-6-10-15-24)32(39)28(44-35)20-26-18-21(2)37(22(26)3)27-17-11-16-25(19-27)33(40)41/h5-20,31H,4H2,1-3H3,(H,40,41)/b28-20-/t31-/m0/s1. The van der Waals surface area contributed by atoms with E-state index in [0.29, 0.717) is 20.6 Å². The molecule has 0 unspecified atom stereocenters. The van der Waals surface area contributed by atoms with Gasteiger partial charge in [-0.15, -0.1) is 0 Å². The molecule has 220 valence electrons. The largest absolute Gasteiger partial charge is 0.478 e. The Bertz CT molecular complexity index is 2120. The molecule has 0 spiro atoms. The maximum Gasteiger partial charge on any atom is 0.338 e. The van der Waals surface area contributed by atoms with E-state index in [4.69, 9.17) is 9.73 Å². The highest BCUT2D eigenvalue weighted by Gasteiger charge is 2.35. The van der Waals surface area contributed by atoms with E-state index in [1.807, 2.05) is 97.3 Å². The SMILES string of the molecule is CCOC(=O)C1=C(c2ccccc2)N=c2s/c(=C\c3cc(C)n(-c4cccc(C(=O)O)c4)c3C)c(=O)n2[C@H]1c1ccccc1. The van der Waals surface area contributed by atoms with Crippen molar-refractivity contribution in [3.8, 4) is 5.69 Å². The number of hydrogen-bond donors (Lipinski definition) is 1. The summed E-state index contributed by atoms with van der Waals surface area (Å²) in [4.78, 5) is 44.7. The summed E-state index contributed by atoms with van der Waals surface area (Å²) < 4.78 is 9.53. The van der Waals surface area contributed by atoms with E-state index in [1.165, 1.54) is 11.3 Å². The van der Waals surface area contributed by atoms with Gasteiger partial charge in [-0.2, -0.15) is 0 Å². The molecule has 0 amide bonds. The molecule has 0 saturated heterocycles. The Labute approximate surface area is 257 Å². The molecule has 3 aromatic carbocycles. The maximum absolute atomic E-state index is 14.2. The lowest BCUT2D eigenvalue weighted by atomic mass is 9.93. The fraction of sp³-hybridized carbons (Fsp3) is 0.143. The molecule has 1 aliphatic rings. The molecule has 0 aliphatic carbocycles. The summed E-state index contributed by atoms with van der Waals surface area (Å²) >= 11 is 1.26. The number of thiazole rings is 1. The molecule has 9 heteroatoms. The predicted octanol–water partition coefficient (Wildman–Crippen LogP) is 5.04. The predicted molar refractivity (Wildman–Crippen MR) is 170 cm³/mol. The van der Waals surface area contributed by atoms with E-state index in [-0.39, 0.29) is 17.7 Å². The number of hydrogen-bond acceptors (Lipinski definition) is 6. The summed E-state index contributed by atoms with van der Waals surface area (Å²) in [5, 5.41) is 9.49. The number of aryl methyl sites for hydroxylation is 1. The van der Waals surface area contributed by atoms with Crippen molar-refractivity contribution in [1.82, 2.24) is 9.13 Å². The van der Waals surface area contributed by atoms with Crippen molar-refractivity contribution in [3.05, 3.63) is 150 Å². The first-order valence-corrected chi connectivity index (χ1v) is 15.0. The first kappa shape index (κ1) is 28.8. The van der Waals surface area contributed by atoms with Crippen LogP contribution in [0.5, 0.6) is 0 Å². The van der Waals surface area contributed by atoms with Gasteiger partial charge in [0.2, 0.25) is 0 Å². The van der Waals surface area contributed by atoms with Gasteiger partial charge in [0.15, 0.2) is 4.80 Å². The van der Waals surface area contributed by atoms with Crippen molar-refractivity contribution in [2.75, 3.05) is 6.61 Å². The molecular formula is C35H29N3O5S. The van der Waals surface area contributed by atoms with Gasteiger partial charge in [-0.25, -0.2) is 14.6 Å². The lowest BCUT2D eigenvalue weighted by Gasteiger charge is -2.25. The fourth-order valence-electron chi connectivity index (χ4n) is 5.64. The molecule has 1 aliphatic heterocycles. The number of ether oxygens (including phenoxy) is 1. The zero-order valence-corrected chi connectivity index (χ0v) is 25.2. The number of carboxylic acids is 1. The minimum atomic E-state index is -0.999. The average Bonchev–Trinajstić information content (AvgIpc) is 3.50. The molecule has 2 aromatic heterocycles.